The van der Waals surface area contributed by atoms with Crippen molar-refractivity contribution in [2.45, 2.75) is 38.1 Å². The maximum Gasteiger partial charge on any atom is 0.133 e. The van der Waals surface area contributed by atoms with Gasteiger partial charge < -0.3 is 5.32 Å². The number of hydrogen-bond donors (Lipinski definition) is 1. The fourth-order valence-corrected chi connectivity index (χ4v) is 3.63. The number of rotatable bonds is 3. The van der Waals surface area contributed by atoms with Crippen LogP contribution in [0.15, 0.2) is 77.8 Å². The van der Waals surface area contributed by atoms with Crippen LogP contribution in [0.1, 0.15) is 37.7 Å². The summed E-state index contributed by atoms with van der Waals surface area (Å²) in [6.07, 6.45) is 6.35. The Bertz CT molecular complexity index is 856. The molecule has 0 saturated heterocycles. The van der Waals surface area contributed by atoms with Gasteiger partial charge in [0.1, 0.15) is 5.84 Å². The molecule has 2 nitrogen and oxygen atoms in total. The van der Waals surface area contributed by atoms with Gasteiger partial charge in [-0.3, -0.25) is 4.99 Å². The van der Waals surface area contributed by atoms with Gasteiger partial charge in [-0.1, -0.05) is 86.0 Å². The molecule has 1 aliphatic rings. The van der Waals surface area contributed by atoms with E-state index in [1.54, 1.807) is 0 Å². The summed E-state index contributed by atoms with van der Waals surface area (Å²) in [7, 11) is 0. The Morgan fingerprint density at radius 3 is 2.32 bits per heavy atom. The highest BCUT2D eigenvalue weighted by Gasteiger charge is 2.14. The second-order valence-electron chi connectivity index (χ2n) is 6.79. The highest BCUT2D eigenvalue weighted by molar-refractivity contribution is 6.12. The summed E-state index contributed by atoms with van der Waals surface area (Å²) < 4.78 is 0. The topological polar surface area (TPSA) is 24.4 Å². The molecule has 0 heterocycles. The average Bonchev–Trinajstić information content (AvgIpc) is 2.69. The summed E-state index contributed by atoms with van der Waals surface area (Å²) in [6.45, 7) is 0. The molecule has 0 amide bonds. The molecule has 1 aliphatic carbocycles. The molecule has 0 aliphatic heterocycles. The summed E-state index contributed by atoms with van der Waals surface area (Å²) in [5.41, 5.74) is 2.28. The third kappa shape index (κ3) is 3.74. The van der Waals surface area contributed by atoms with E-state index in [0.29, 0.717) is 6.04 Å². The van der Waals surface area contributed by atoms with Crippen LogP contribution in [0.5, 0.6) is 0 Å². The second kappa shape index (κ2) is 7.52. The Kier molecular flexibility index (Phi) is 4.78. The van der Waals surface area contributed by atoms with Crippen LogP contribution in [-0.2, 0) is 0 Å². The zero-order valence-corrected chi connectivity index (χ0v) is 14.5. The molecule has 0 spiro atoms. The van der Waals surface area contributed by atoms with E-state index >= 15 is 0 Å². The number of amidine groups is 1. The van der Waals surface area contributed by atoms with Gasteiger partial charge in [0.2, 0.25) is 0 Å². The van der Waals surface area contributed by atoms with Crippen LogP contribution in [0.25, 0.3) is 10.8 Å². The van der Waals surface area contributed by atoms with Crippen molar-refractivity contribution in [3.63, 3.8) is 0 Å². The minimum atomic E-state index is 0.437. The number of fused-ring (bicyclic) bond motifs is 1. The number of anilines is 1. The lowest BCUT2D eigenvalue weighted by atomic mass is 9.96. The molecule has 4 rings (SSSR count). The third-order valence-electron chi connectivity index (χ3n) is 4.98. The van der Waals surface area contributed by atoms with Gasteiger partial charge in [-0.2, -0.15) is 0 Å². The van der Waals surface area contributed by atoms with Gasteiger partial charge in [-0.15, -0.1) is 0 Å². The summed E-state index contributed by atoms with van der Waals surface area (Å²) >= 11 is 0. The molecule has 0 bridgehead atoms. The molecule has 0 radical (unpaired) electrons. The van der Waals surface area contributed by atoms with Crippen LogP contribution in [0.3, 0.4) is 0 Å². The fourth-order valence-electron chi connectivity index (χ4n) is 3.63. The minimum absolute atomic E-state index is 0.437. The molecule has 126 valence electrons. The number of hydrogen-bond acceptors (Lipinski definition) is 1. The molecule has 3 aromatic carbocycles. The molecule has 3 aromatic rings. The van der Waals surface area contributed by atoms with Gasteiger partial charge in [0, 0.05) is 16.6 Å². The number of benzene rings is 3. The Balaban J connectivity index is 1.71. The van der Waals surface area contributed by atoms with Crippen molar-refractivity contribution >= 4 is 22.3 Å². The van der Waals surface area contributed by atoms with Crippen molar-refractivity contribution in [2.24, 2.45) is 4.99 Å². The Labute approximate surface area is 149 Å². The van der Waals surface area contributed by atoms with E-state index in [4.69, 9.17) is 4.99 Å². The van der Waals surface area contributed by atoms with Crippen molar-refractivity contribution in [1.29, 1.82) is 0 Å². The van der Waals surface area contributed by atoms with Crippen LogP contribution in [0.4, 0.5) is 5.69 Å². The molecular weight excluding hydrogens is 304 g/mol. The maximum atomic E-state index is 5.11. The first-order chi connectivity index (χ1) is 12.4. The van der Waals surface area contributed by atoms with Crippen molar-refractivity contribution in [2.75, 3.05) is 5.32 Å². The van der Waals surface area contributed by atoms with Crippen LogP contribution in [0.2, 0.25) is 0 Å². The predicted molar refractivity (Wildman–Crippen MR) is 107 cm³/mol. The van der Waals surface area contributed by atoms with Gasteiger partial charge in [-0.25, -0.2) is 0 Å². The van der Waals surface area contributed by atoms with Gasteiger partial charge in [0.15, 0.2) is 0 Å². The van der Waals surface area contributed by atoms with Gasteiger partial charge in [-0.05, 0) is 24.3 Å². The molecule has 1 N–H and O–H groups in total. The number of nitrogens with one attached hydrogen (secondary N) is 1. The van der Waals surface area contributed by atoms with E-state index < -0.39 is 0 Å². The number of nitrogens with zero attached hydrogens (tertiary/aromatic N) is 1. The Hall–Kier alpha value is -2.61. The Morgan fingerprint density at radius 1 is 0.760 bits per heavy atom. The van der Waals surface area contributed by atoms with Crippen LogP contribution >= 0.6 is 0 Å². The molecule has 2 heteroatoms. The SMILES string of the molecule is c1ccc(C(=NC2CCCCC2)Nc2cccc3ccccc23)cc1. The molecule has 1 saturated carbocycles. The highest BCUT2D eigenvalue weighted by atomic mass is 15.0. The zero-order valence-electron chi connectivity index (χ0n) is 14.5. The standard InChI is InChI=1S/C23H24N2/c1-3-11-19(12-4-1)23(24-20-14-5-2-6-15-20)25-22-17-9-13-18-10-7-8-16-21(18)22/h1,3-4,7-13,16-17,20H,2,5-6,14-15H2,(H,24,25). The van der Waals surface area contributed by atoms with Gasteiger partial charge in [0.05, 0.1) is 6.04 Å². The smallest absolute Gasteiger partial charge is 0.133 e. The zero-order chi connectivity index (χ0) is 16.9. The van der Waals surface area contributed by atoms with Crippen LogP contribution in [-0.4, -0.2) is 11.9 Å². The average molecular weight is 328 g/mol. The first kappa shape index (κ1) is 15.9. The van der Waals surface area contributed by atoms with E-state index in [1.165, 1.54) is 42.9 Å². The van der Waals surface area contributed by atoms with Crippen LogP contribution in [0, 0.1) is 0 Å². The quantitative estimate of drug-likeness (QED) is 0.460. The van der Waals surface area contributed by atoms with E-state index in [1.807, 2.05) is 0 Å². The first-order valence-electron chi connectivity index (χ1n) is 9.28. The maximum absolute atomic E-state index is 5.11. The third-order valence-corrected chi connectivity index (χ3v) is 4.98. The van der Waals surface area contributed by atoms with Gasteiger partial charge in [0.25, 0.3) is 0 Å². The Morgan fingerprint density at radius 2 is 1.48 bits per heavy atom. The predicted octanol–water partition coefficient (Wildman–Crippen LogP) is 6.03. The van der Waals surface area contributed by atoms with Crippen molar-refractivity contribution < 1.29 is 0 Å². The lowest BCUT2D eigenvalue weighted by Crippen LogP contribution is -2.19. The van der Waals surface area contributed by atoms with E-state index in [2.05, 4.69) is 78.1 Å². The molecule has 0 unspecified atom stereocenters. The highest BCUT2D eigenvalue weighted by Crippen LogP contribution is 2.25. The summed E-state index contributed by atoms with van der Waals surface area (Å²) in [6, 6.07) is 25.8. The van der Waals surface area contributed by atoms with Crippen molar-refractivity contribution in [3.8, 4) is 0 Å². The van der Waals surface area contributed by atoms with E-state index in [0.717, 1.165) is 17.1 Å². The lowest BCUT2D eigenvalue weighted by molar-refractivity contribution is 0.443. The number of aliphatic imine (C=N–C) groups is 1. The largest absolute Gasteiger partial charge is 0.340 e. The molecule has 0 aromatic heterocycles. The lowest BCUT2D eigenvalue weighted by Gasteiger charge is -2.20. The minimum Gasteiger partial charge on any atom is -0.340 e. The van der Waals surface area contributed by atoms with Crippen molar-refractivity contribution in [3.05, 3.63) is 78.4 Å². The molecule has 25 heavy (non-hydrogen) atoms. The monoisotopic (exact) mass is 328 g/mol. The summed E-state index contributed by atoms with van der Waals surface area (Å²) in [4.78, 5) is 5.11. The van der Waals surface area contributed by atoms with Gasteiger partial charge >= 0.3 is 0 Å². The summed E-state index contributed by atoms with van der Waals surface area (Å²) in [5, 5.41) is 6.12. The van der Waals surface area contributed by atoms with E-state index in [-0.39, 0.29) is 0 Å². The van der Waals surface area contributed by atoms with Crippen molar-refractivity contribution in [1.82, 2.24) is 0 Å². The fraction of sp³-hybridized carbons (Fsp3) is 0.261. The first-order valence-corrected chi connectivity index (χ1v) is 9.28. The van der Waals surface area contributed by atoms with E-state index in [9.17, 15) is 0 Å². The molecular formula is C23H24N2. The van der Waals surface area contributed by atoms with Crippen LogP contribution < -0.4 is 5.32 Å². The normalized spacial score (nSPS) is 16.1. The molecule has 0 atom stereocenters. The molecule has 1 fully saturated rings. The second-order valence-corrected chi connectivity index (χ2v) is 6.79. The summed E-state index contributed by atoms with van der Waals surface area (Å²) in [5.74, 6) is 0.990.